The lowest BCUT2D eigenvalue weighted by molar-refractivity contribution is -0.150. The van der Waals surface area contributed by atoms with E-state index in [2.05, 4.69) is 53.7 Å². The van der Waals surface area contributed by atoms with Crippen LogP contribution in [0.1, 0.15) is 99.8 Å². The van der Waals surface area contributed by atoms with Gasteiger partial charge in [0.05, 0.1) is 0 Å². The van der Waals surface area contributed by atoms with Gasteiger partial charge < -0.3 is 4.74 Å². The number of carbonyl (C=O) groups excluding carboxylic acids is 2. The monoisotopic (exact) mass is 454 g/mol. The Morgan fingerprint density at radius 3 is 2.45 bits per heavy atom. The zero-order chi connectivity index (χ0) is 24.1. The molecule has 0 unspecified atom stereocenters. The van der Waals surface area contributed by atoms with Crippen LogP contribution in [0.3, 0.4) is 0 Å². The molecule has 0 N–H and O–H groups in total. The van der Waals surface area contributed by atoms with E-state index >= 15 is 0 Å². The Kier molecular flexibility index (Phi) is 6.75. The van der Waals surface area contributed by atoms with Gasteiger partial charge in [0, 0.05) is 13.3 Å². The predicted octanol–water partition coefficient (Wildman–Crippen LogP) is 7.30. The maximum absolute atomic E-state index is 13.6. The smallest absolute Gasteiger partial charge is 0.302 e. The summed E-state index contributed by atoms with van der Waals surface area (Å²) in [6, 6.07) is 0. The highest BCUT2D eigenvalue weighted by Gasteiger charge is 2.58. The Balaban J connectivity index is 1.58. The molecule has 0 aliphatic heterocycles. The fourth-order valence-electron chi connectivity index (χ4n) is 8.10. The van der Waals surface area contributed by atoms with Crippen molar-refractivity contribution in [2.75, 3.05) is 0 Å². The fraction of sp³-hybridized carbons (Fsp3) is 0.800. The molecule has 0 amide bonds. The Hall–Kier alpha value is -1.38. The summed E-state index contributed by atoms with van der Waals surface area (Å²) in [7, 11) is 0. The quantitative estimate of drug-likeness (QED) is 0.323. The maximum atomic E-state index is 13.6. The van der Waals surface area contributed by atoms with Crippen molar-refractivity contribution >= 4 is 11.8 Å². The number of allylic oxidation sites excluding steroid dienone is 4. The summed E-state index contributed by atoms with van der Waals surface area (Å²) in [5.74, 6) is 3.47. The standard InChI is InChI=1S/C30H46O3/c1-18(2)19(3)8-9-20(4)24-10-11-25-28-26(13-15-30(24,25)7)29(6)14-12-23(33-21(5)31)16-22(29)17-27(28)32/h8-9,18-20,22-25H,10-17H2,1-7H3/b9-8+/t19-,20+,22+,23+,24+,25-,29-,30-/m0/s1. The summed E-state index contributed by atoms with van der Waals surface area (Å²) in [5, 5.41) is 0. The van der Waals surface area contributed by atoms with Crippen molar-refractivity contribution in [1.29, 1.82) is 0 Å². The highest BCUT2D eigenvalue weighted by molar-refractivity contribution is 5.98. The Labute approximate surface area is 201 Å². The second kappa shape index (κ2) is 9.00. The zero-order valence-electron chi connectivity index (χ0n) is 22.1. The molecule has 0 aromatic rings. The predicted molar refractivity (Wildman–Crippen MR) is 134 cm³/mol. The first-order chi connectivity index (χ1) is 15.5. The zero-order valence-corrected chi connectivity index (χ0v) is 22.1. The molecule has 0 radical (unpaired) electrons. The Bertz CT molecular complexity index is 851. The normalized spacial score (nSPS) is 40.4. The lowest BCUT2D eigenvalue weighted by atomic mass is 9.50. The third-order valence-electron chi connectivity index (χ3n) is 10.6. The van der Waals surface area contributed by atoms with Crippen molar-refractivity contribution in [2.24, 2.45) is 46.3 Å². The molecular formula is C30H46O3. The SMILES string of the molecule is CC(=O)O[C@@H]1CC[C@]2(C)C3=C(C(=O)C[C@H]2C1)[C@@H]1CC[C@H]([C@H](C)/C=C/[C@H](C)C(C)C)[C@]1(C)CC3. The third kappa shape index (κ3) is 4.27. The highest BCUT2D eigenvalue weighted by atomic mass is 16.5. The van der Waals surface area contributed by atoms with Crippen LogP contribution in [0.15, 0.2) is 23.3 Å². The van der Waals surface area contributed by atoms with E-state index < -0.39 is 0 Å². The minimum atomic E-state index is -0.193. The Morgan fingerprint density at radius 2 is 1.79 bits per heavy atom. The van der Waals surface area contributed by atoms with Crippen LogP contribution in [0, 0.1) is 46.3 Å². The summed E-state index contributed by atoms with van der Waals surface area (Å²) in [5.41, 5.74) is 3.07. The molecule has 0 spiro atoms. The summed E-state index contributed by atoms with van der Waals surface area (Å²) < 4.78 is 5.56. The number of fused-ring (bicyclic) bond motifs is 4. The third-order valence-corrected chi connectivity index (χ3v) is 10.6. The number of hydrogen-bond acceptors (Lipinski definition) is 3. The molecule has 0 heterocycles. The molecule has 0 saturated heterocycles. The second-order valence-corrected chi connectivity index (χ2v) is 12.7. The maximum Gasteiger partial charge on any atom is 0.302 e. The van der Waals surface area contributed by atoms with Gasteiger partial charge in [0.1, 0.15) is 6.10 Å². The fourth-order valence-corrected chi connectivity index (χ4v) is 8.10. The first-order valence-corrected chi connectivity index (χ1v) is 13.6. The molecule has 33 heavy (non-hydrogen) atoms. The topological polar surface area (TPSA) is 43.4 Å². The van der Waals surface area contributed by atoms with E-state index in [1.54, 1.807) is 0 Å². The van der Waals surface area contributed by atoms with Crippen molar-refractivity contribution in [3.63, 3.8) is 0 Å². The van der Waals surface area contributed by atoms with E-state index in [0.717, 1.165) is 25.7 Å². The van der Waals surface area contributed by atoms with Gasteiger partial charge in [-0.2, -0.15) is 0 Å². The number of ether oxygens (including phenoxy) is 1. The number of carbonyl (C=O) groups is 2. The first-order valence-electron chi connectivity index (χ1n) is 13.6. The summed E-state index contributed by atoms with van der Waals surface area (Å²) in [6.45, 7) is 15.7. The van der Waals surface area contributed by atoms with Gasteiger partial charge in [-0.05, 0) is 96.9 Å². The van der Waals surface area contributed by atoms with Crippen LogP contribution in [0.25, 0.3) is 0 Å². The molecule has 8 atom stereocenters. The minimum Gasteiger partial charge on any atom is -0.463 e. The van der Waals surface area contributed by atoms with E-state index in [1.165, 1.54) is 37.3 Å². The van der Waals surface area contributed by atoms with E-state index in [1.807, 2.05) is 0 Å². The van der Waals surface area contributed by atoms with Gasteiger partial charge in [0.2, 0.25) is 0 Å². The molecule has 4 aliphatic carbocycles. The number of ketones is 1. The molecule has 2 saturated carbocycles. The van der Waals surface area contributed by atoms with Gasteiger partial charge >= 0.3 is 5.97 Å². The van der Waals surface area contributed by atoms with E-state index in [4.69, 9.17) is 4.74 Å². The lowest BCUT2D eigenvalue weighted by Crippen LogP contribution is -2.48. The van der Waals surface area contributed by atoms with Gasteiger partial charge in [-0.1, -0.05) is 59.3 Å². The summed E-state index contributed by atoms with van der Waals surface area (Å²) >= 11 is 0. The van der Waals surface area contributed by atoms with E-state index in [0.29, 0.717) is 47.7 Å². The minimum absolute atomic E-state index is 0.0129. The molecule has 0 aromatic carbocycles. The van der Waals surface area contributed by atoms with Crippen molar-refractivity contribution in [2.45, 2.75) is 106 Å². The number of hydrogen-bond donors (Lipinski definition) is 0. The van der Waals surface area contributed by atoms with Crippen molar-refractivity contribution < 1.29 is 14.3 Å². The van der Waals surface area contributed by atoms with Crippen molar-refractivity contribution in [1.82, 2.24) is 0 Å². The average Bonchev–Trinajstić information content (AvgIpc) is 3.09. The van der Waals surface area contributed by atoms with Gasteiger partial charge in [0.25, 0.3) is 0 Å². The second-order valence-electron chi connectivity index (χ2n) is 12.7. The van der Waals surface area contributed by atoms with Crippen LogP contribution in [0.5, 0.6) is 0 Å². The lowest BCUT2D eigenvalue weighted by Gasteiger charge is -2.54. The first kappa shape index (κ1) is 24.7. The van der Waals surface area contributed by atoms with Crippen LogP contribution < -0.4 is 0 Å². The number of rotatable bonds is 5. The summed E-state index contributed by atoms with van der Waals surface area (Å²) in [6.07, 6.45) is 13.0. The molecule has 4 rings (SSSR count). The largest absolute Gasteiger partial charge is 0.463 e. The van der Waals surface area contributed by atoms with Gasteiger partial charge in [-0.15, -0.1) is 0 Å². The molecule has 0 aromatic heterocycles. The average molecular weight is 455 g/mol. The van der Waals surface area contributed by atoms with Crippen LogP contribution in [-0.2, 0) is 14.3 Å². The Morgan fingerprint density at radius 1 is 1.06 bits per heavy atom. The number of esters is 1. The molecule has 0 bridgehead atoms. The van der Waals surface area contributed by atoms with Crippen LogP contribution in [0.4, 0.5) is 0 Å². The molecule has 4 aliphatic rings. The van der Waals surface area contributed by atoms with E-state index in [9.17, 15) is 9.59 Å². The van der Waals surface area contributed by atoms with Crippen molar-refractivity contribution in [3.8, 4) is 0 Å². The van der Waals surface area contributed by atoms with Gasteiger partial charge in [0.15, 0.2) is 5.78 Å². The van der Waals surface area contributed by atoms with Gasteiger partial charge in [-0.3, -0.25) is 9.59 Å². The van der Waals surface area contributed by atoms with Crippen molar-refractivity contribution in [3.05, 3.63) is 23.3 Å². The van der Waals surface area contributed by atoms with Crippen LogP contribution in [-0.4, -0.2) is 17.9 Å². The highest BCUT2D eigenvalue weighted by Crippen LogP contribution is 2.65. The molecule has 184 valence electrons. The number of Topliss-reactive ketones (excluding diaryl/α,β-unsaturated/α-hetero) is 1. The van der Waals surface area contributed by atoms with Crippen LogP contribution >= 0.6 is 0 Å². The summed E-state index contributed by atoms with van der Waals surface area (Å²) in [4.78, 5) is 25.1. The molecule has 2 fully saturated rings. The van der Waals surface area contributed by atoms with Crippen LogP contribution in [0.2, 0.25) is 0 Å². The molecule has 3 heteroatoms. The molecule has 3 nitrogen and oxygen atoms in total. The van der Waals surface area contributed by atoms with E-state index in [-0.39, 0.29) is 22.9 Å². The van der Waals surface area contributed by atoms with Gasteiger partial charge in [-0.25, -0.2) is 0 Å². The molecular weight excluding hydrogens is 408 g/mol.